The number of anilines is 1. The first-order chi connectivity index (χ1) is 7.41. The minimum atomic E-state index is -1.21. The second-order valence-electron chi connectivity index (χ2n) is 3.30. The number of hydrogen-bond acceptors (Lipinski definition) is 5. The Kier molecular flexibility index (Phi) is 3.41. The van der Waals surface area contributed by atoms with E-state index in [9.17, 15) is 14.9 Å². The van der Waals surface area contributed by atoms with Gasteiger partial charge in [-0.3, -0.25) is 10.1 Å². The normalized spacial score (nSPS) is 10.2. The second-order valence-corrected chi connectivity index (χ2v) is 3.30. The lowest BCUT2D eigenvalue weighted by Gasteiger charge is -2.15. The van der Waals surface area contributed by atoms with Gasteiger partial charge in [-0.15, -0.1) is 0 Å². The number of hydrogen-bond donors (Lipinski definition) is 2. The van der Waals surface area contributed by atoms with Crippen LogP contribution in [-0.4, -0.2) is 35.1 Å². The van der Waals surface area contributed by atoms with E-state index in [1.807, 2.05) is 0 Å². The van der Waals surface area contributed by atoms with Gasteiger partial charge in [0.05, 0.1) is 16.2 Å². The maximum absolute atomic E-state index is 10.9. The summed E-state index contributed by atoms with van der Waals surface area (Å²) in [6, 6.07) is 3.63. The van der Waals surface area contributed by atoms with Gasteiger partial charge in [0.2, 0.25) is 0 Å². The molecule has 1 aromatic carbocycles. The molecule has 16 heavy (non-hydrogen) atoms. The van der Waals surface area contributed by atoms with Crippen molar-refractivity contribution >= 4 is 17.3 Å². The molecule has 0 saturated carbocycles. The molecule has 0 atom stereocenters. The maximum atomic E-state index is 10.9. The molecule has 0 aliphatic heterocycles. The summed E-state index contributed by atoms with van der Waals surface area (Å²) in [7, 11) is 3.38. The number of hydrazine groups is 1. The lowest BCUT2D eigenvalue weighted by molar-refractivity contribution is -0.384. The summed E-state index contributed by atoms with van der Waals surface area (Å²) in [6.45, 7) is 0. The van der Waals surface area contributed by atoms with Crippen LogP contribution in [0.2, 0.25) is 0 Å². The molecule has 1 aromatic rings. The van der Waals surface area contributed by atoms with Crippen LogP contribution < -0.4 is 5.43 Å². The van der Waals surface area contributed by atoms with Crippen LogP contribution in [0.1, 0.15) is 10.4 Å². The zero-order valence-corrected chi connectivity index (χ0v) is 8.80. The van der Waals surface area contributed by atoms with Crippen molar-refractivity contribution in [2.45, 2.75) is 0 Å². The van der Waals surface area contributed by atoms with E-state index in [1.54, 1.807) is 19.1 Å². The van der Waals surface area contributed by atoms with Gasteiger partial charge in [0.1, 0.15) is 0 Å². The van der Waals surface area contributed by atoms with Gasteiger partial charge in [0, 0.05) is 26.2 Å². The number of carboxylic acids is 1. The smallest absolute Gasteiger partial charge is 0.338 e. The highest BCUT2D eigenvalue weighted by atomic mass is 16.6. The fourth-order valence-electron chi connectivity index (χ4n) is 1.16. The Hall–Kier alpha value is -2.15. The molecule has 0 amide bonds. The Morgan fingerprint density at radius 3 is 2.56 bits per heavy atom. The molecule has 0 aromatic heterocycles. The molecule has 7 nitrogen and oxygen atoms in total. The molecular weight excluding hydrogens is 214 g/mol. The SMILES string of the molecule is CN(C)Nc1ccc([N+](=O)[O-])cc1C(=O)O. The van der Waals surface area contributed by atoms with Crippen LogP contribution in [0, 0.1) is 10.1 Å². The predicted molar refractivity (Wildman–Crippen MR) is 57.4 cm³/mol. The van der Waals surface area contributed by atoms with Crippen molar-refractivity contribution in [3.05, 3.63) is 33.9 Å². The molecule has 1 rings (SSSR count). The minimum absolute atomic E-state index is 0.136. The quantitative estimate of drug-likeness (QED) is 0.590. The van der Waals surface area contributed by atoms with E-state index in [2.05, 4.69) is 5.43 Å². The van der Waals surface area contributed by atoms with Crippen molar-refractivity contribution in [3.8, 4) is 0 Å². The number of nitro groups is 1. The molecular formula is C9H11N3O4. The number of carbonyl (C=O) groups is 1. The van der Waals surface area contributed by atoms with Crippen molar-refractivity contribution < 1.29 is 14.8 Å². The highest BCUT2D eigenvalue weighted by molar-refractivity contribution is 5.94. The van der Waals surface area contributed by atoms with Crippen molar-refractivity contribution in [3.63, 3.8) is 0 Å². The van der Waals surface area contributed by atoms with E-state index in [0.717, 1.165) is 6.07 Å². The molecule has 0 radical (unpaired) electrons. The average Bonchev–Trinajstić information content (AvgIpc) is 2.16. The third-order valence-corrected chi connectivity index (χ3v) is 1.79. The first-order valence-corrected chi connectivity index (χ1v) is 4.37. The fourth-order valence-corrected chi connectivity index (χ4v) is 1.16. The largest absolute Gasteiger partial charge is 0.478 e. The summed E-state index contributed by atoms with van der Waals surface area (Å²) in [4.78, 5) is 20.8. The number of benzene rings is 1. The van der Waals surface area contributed by atoms with E-state index < -0.39 is 10.9 Å². The Labute approximate surface area is 91.4 Å². The summed E-state index contributed by atoms with van der Waals surface area (Å²) >= 11 is 0. The lowest BCUT2D eigenvalue weighted by Crippen LogP contribution is -2.21. The first kappa shape index (κ1) is 11.9. The van der Waals surface area contributed by atoms with Gasteiger partial charge in [-0.05, 0) is 6.07 Å². The van der Waals surface area contributed by atoms with Gasteiger partial charge >= 0.3 is 5.97 Å². The summed E-state index contributed by atoms with van der Waals surface area (Å²) in [5.41, 5.74) is 2.67. The summed E-state index contributed by atoms with van der Waals surface area (Å²) < 4.78 is 0. The van der Waals surface area contributed by atoms with E-state index in [-0.39, 0.29) is 11.3 Å². The highest BCUT2D eigenvalue weighted by Crippen LogP contribution is 2.22. The minimum Gasteiger partial charge on any atom is -0.478 e. The topological polar surface area (TPSA) is 95.7 Å². The predicted octanol–water partition coefficient (Wildman–Crippen LogP) is 1.18. The highest BCUT2D eigenvalue weighted by Gasteiger charge is 2.15. The summed E-state index contributed by atoms with van der Waals surface area (Å²) in [5, 5.41) is 20.9. The average molecular weight is 225 g/mol. The molecule has 0 bridgehead atoms. The van der Waals surface area contributed by atoms with E-state index in [1.165, 1.54) is 12.1 Å². The summed E-state index contributed by atoms with van der Waals surface area (Å²) in [5.74, 6) is -1.21. The molecule has 86 valence electrons. The number of aromatic carboxylic acids is 1. The maximum Gasteiger partial charge on any atom is 0.338 e. The van der Waals surface area contributed by atoms with Gasteiger partial charge in [-0.25, -0.2) is 9.80 Å². The van der Waals surface area contributed by atoms with E-state index >= 15 is 0 Å². The number of carboxylic acid groups (broad SMARTS) is 1. The molecule has 0 saturated heterocycles. The van der Waals surface area contributed by atoms with Gasteiger partial charge in [-0.2, -0.15) is 0 Å². The lowest BCUT2D eigenvalue weighted by atomic mass is 10.1. The van der Waals surface area contributed by atoms with Crippen LogP contribution in [0.5, 0.6) is 0 Å². The number of non-ortho nitro benzene ring substituents is 1. The van der Waals surface area contributed by atoms with Crippen LogP contribution in [0.3, 0.4) is 0 Å². The van der Waals surface area contributed by atoms with E-state index in [4.69, 9.17) is 5.11 Å². The summed E-state index contributed by atoms with van der Waals surface area (Å²) in [6.07, 6.45) is 0. The van der Waals surface area contributed by atoms with Crippen molar-refractivity contribution in [2.24, 2.45) is 0 Å². The molecule has 0 aliphatic rings. The van der Waals surface area contributed by atoms with Crippen LogP contribution in [0.4, 0.5) is 11.4 Å². The van der Waals surface area contributed by atoms with Gasteiger partial charge < -0.3 is 10.5 Å². The van der Waals surface area contributed by atoms with E-state index in [0.29, 0.717) is 5.69 Å². The Morgan fingerprint density at radius 1 is 1.50 bits per heavy atom. The third-order valence-electron chi connectivity index (χ3n) is 1.79. The number of nitrogens with zero attached hydrogens (tertiary/aromatic N) is 2. The zero-order valence-electron chi connectivity index (χ0n) is 8.80. The molecule has 0 aliphatic carbocycles. The van der Waals surface area contributed by atoms with Gasteiger partial charge in [0.25, 0.3) is 5.69 Å². The Balaban J connectivity index is 3.19. The number of nitro benzene ring substituents is 1. The fraction of sp³-hybridized carbons (Fsp3) is 0.222. The van der Waals surface area contributed by atoms with Gasteiger partial charge in [-0.1, -0.05) is 0 Å². The van der Waals surface area contributed by atoms with Crippen LogP contribution in [0.15, 0.2) is 18.2 Å². The zero-order chi connectivity index (χ0) is 12.3. The Bertz CT molecular complexity index is 431. The number of rotatable bonds is 4. The van der Waals surface area contributed by atoms with Crippen LogP contribution >= 0.6 is 0 Å². The second kappa shape index (κ2) is 4.58. The molecule has 2 N–H and O–H groups in total. The third kappa shape index (κ3) is 2.67. The standard InChI is InChI=1S/C9H11N3O4/c1-11(2)10-8-4-3-6(12(15)16)5-7(8)9(13)14/h3-5,10H,1-2H3,(H,13,14). The van der Waals surface area contributed by atoms with Crippen LogP contribution in [0.25, 0.3) is 0 Å². The van der Waals surface area contributed by atoms with Crippen molar-refractivity contribution in [2.75, 3.05) is 19.5 Å². The Morgan fingerprint density at radius 2 is 2.12 bits per heavy atom. The van der Waals surface area contributed by atoms with Crippen molar-refractivity contribution in [1.82, 2.24) is 5.01 Å². The van der Waals surface area contributed by atoms with Crippen molar-refractivity contribution in [1.29, 1.82) is 0 Å². The molecule has 0 fully saturated rings. The number of nitrogens with one attached hydrogen (secondary N) is 1. The molecule has 7 heteroatoms. The first-order valence-electron chi connectivity index (χ1n) is 4.37. The van der Waals surface area contributed by atoms with Gasteiger partial charge in [0.15, 0.2) is 0 Å². The monoisotopic (exact) mass is 225 g/mol. The molecule has 0 unspecified atom stereocenters. The molecule has 0 spiro atoms. The van der Waals surface area contributed by atoms with Crippen LogP contribution in [-0.2, 0) is 0 Å². The molecule has 0 heterocycles.